The molecular formula is C32H38F4N4O10. The van der Waals surface area contributed by atoms with Gasteiger partial charge in [-0.3, -0.25) is 43.6 Å². The number of halogens is 4. The summed E-state index contributed by atoms with van der Waals surface area (Å²) in [7, 11) is 0. The third-order valence-electron chi connectivity index (χ3n) is 7.97. The Kier molecular flexibility index (Phi) is 15.1. The molecule has 50 heavy (non-hydrogen) atoms. The highest BCUT2D eigenvalue weighted by Gasteiger charge is 2.28. The molecule has 274 valence electrons. The summed E-state index contributed by atoms with van der Waals surface area (Å²) in [6.45, 7) is -0.636. The molecule has 0 bridgehead atoms. The average molecular weight is 715 g/mol. The maximum absolute atomic E-state index is 13.9. The average Bonchev–Trinajstić information content (AvgIpc) is 3.02. The molecule has 1 saturated heterocycles. The van der Waals surface area contributed by atoms with Crippen molar-refractivity contribution < 1.29 is 66.7 Å². The number of hydrogen-bond acceptors (Lipinski definition) is 10. The van der Waals surface area contributed by atoms with Crippen molar-refractivity contribution in [3.63, 3.8) is 0 Å². The number of rotatable bonds is 14. The van der Waals surface area contributed by atoms with E-state index in [0.29, 0.717) is 11.1 Å². The fraction of sp³-hybridized carbons (Fsp3) is 0.469. The minimum absolute atomic E-state index is 0.0135. The summed E-state index contributed by atoms with van der Waals surface area (Å²) in [6.07, 6.45) is -0.165. The van der Waals surface area contributed by atoms with Gasteiger partial charge in [-0.1, -0.05) is 24.3 Å². The number of ether oxygens (including phenoxy) is 1. The minimum Gasteiger partial charge on any atom is -0.480 e. The van der Waals surface area contributed by atoms with E-state index >= 15 is 0 Å². The minimum atomic E-state index is -1.85. The normalized spacial score (nSPS) is 17.4. The van der Waals surface area contributed by atoms with E-state index in [-0.39, 0.29) is 77.8 Å². The quantitative estimate of drug-likeness (QED) is 0.0948. The number of carboxylic acid groups (broad SMARTS) is 4. The van der Waals surface area contributed by atoms with Crippen molar-refractivity contribution in [1.82, 2.24) is 19.6 Å². The topological polar surface area (TPSA) is 188 Å². The summed E-state index contributed by atoms with van der Waals surface area (Å²) in [4.78, 5) is 65.3. The molecule has 0 radical (unpaired) electrons. The van der Waals surface area contributed by atoms with Gasteiger partial charge in [0.1, 0.15) is 0 Å². The predicted molar refractivity (Wildman–Crippen MR) is 166 cm³/mol. The fourth-order valence-corrected chi connectivity index (χ4v) is 5.52. The van der Waals surface area contributed by atoms with E-state index in [2.05, 4.69) is 4.74 Å². The molecule has 1 heterocycles. The predicted octanol–water partition coefficient (Wildman–Crippen LogP) is 1.25. The first-order chi connectivity index (χ1) is 23.6. The van der Waals surface area contributed by atoms with Crippen molar-refractivity contribution in [1.29, 1.82) is 0 Å². The van der Waals surface area contributed by atoms with Gasteiger partial charge in [-0.15, -0.1) is 0 Å². The van der Waals surface area contributed by atoms with Crippen LogP contribution < -0.4 is 4.74 Å². The highest BCUT2D eigenvalue weighted by molar-refractivity contribution is 5.73. The van der Waals surface area contributed by atoms with Crippen molar-refractivity contribution >= 4 is 29.8 Å². The Labute approximate surface area is 284 Å². The number of benzene rings is 2. The van der Waals surface area contributed by atoms with Gasteiger partial charge in [0.25, 0.3) is 0 Å². The van der Waals surface area contributed by atoms with Crippen molar-refractivity contribution in [2.75, 3.05) is 72.0 Å². The Bertz CT molecular complexity index is 1510. The zero-order valence-corrected chi connectivity index (χ0v) is 26.9. The van der Waals surface area contributed by atoms with Crippen LogP contribution in [0.4, 0.5) is 17.6 Å². The van der Waals surface area contributed by atoms with Crippen LogP contribution in [0.5, 0.6) is 5.75 Å². The molecule has 1 aliphatic heterocycles. The van der Waals surface area contributed by atoms with E-state index in [4.69, 9.17) is 0 Å². The first-order valence-corrected chi connectivity index (χ1v) is 15.5. The van der Waals surface area contributed by atoms with Gasteiger partial charge in [-0.2, -0.15) is 8.78 Å². The van der Waals surface area contributed by atoms with Gasteiger partial charge in [0, 0.05) is 64.3 Å². The van der Waals surface area contributed by atoms with Crippen molar-refractivity contribution in [2.24, 2.45) is 0 Å². The van der Waals surface area contributed by atoms with Gasteiger partial charge in [0.15, 0.2) is 11.6 Å². The number of carboxylic acids is 4. The molecule has 18 heteroatoms. The lowest BCUT2D eigenvalue weighted by Gasteiger charge is -2.37. The van der Waals surface area contributed by atoms with Crippen LogP contribution in [0, 0.1) is 23.3 Å². The lowest BCUT2D eigenvalue weighted by atomic mass is 10.0. The Balaban J connectivity index is 1.80. The van der Waals surface area contributed by atoms with Crippen LogP contribution in [0.25, 0.3) is 0 Å². The molecule has 0 aliphatic carbocycles. The van der Waals surface area contributed by atoms with E-state index in [1.807, 2.05) is 0 Å². The smallest absolute Gasteiger partial charge is 0.317 e. The van der Waals surface area contributed by atoms with Crippen LogP contribution in [0.15, 0.2) is 30.3 Å². The van der Waals surface area contributed by atoms with E-state index < -0.39 is 84.4 Å². The van der Waals surface area contributed by atoms with Crippen LogP contribution in [0.2, 0.25) is 0 Å². The molecule has 3 rings (SSSR count). The van der Waals surface area contributed by atoms with Gasteiger partial charge < -0.3 is 25.2 Å². The molecule has 2 aromatic rings. The molecule has 1 fully saturated rings. The summed E-state index contributed by atoms with van der Waals surface area (Å²) in [5.41, 5.74) is 1.27. The second-order valence-electron chi connectivity index (χ2n) is 11.8. The van der Waals surface area contributed by atoms with Crippen molar-refractivity contribution in [3.05, 3.63) is 64.7 Å². The van der Waals surface area contributed by atoms with E-state index in [0.717, 1.165) is 0 Å². The maximum Gasteiger partial charge on any atom is 0.317 e. The van der Waals surface area contributed by atoms with Gasteiger partial charge in [0.05, 0.1) is 26.2 Å². The monoisotopic (exact) mass is 714 g/mol. The van der Waals surface area contributed by atoms with Gasteiger partial charge in [-0.05, 0) is 24.0 Å². The SMILES string of the molecule is O=C(O)CN1CCN(CC(=O)O)CCN(CC(=O)O)C(Cc2ccc(CCC(=O)Oc3c(F)c(F)cc(F)c3F)cc2)CN(CC(=O)O)CC1. The number of esters is 1. The number of carbonyl (C=O) groups excluding carboxylic acids is 1. The fourth-order valence-electron chi connectivity index (χ4n) is 5.52. The molecule has 0 aromatic heterocycles. The first-order valence-electron chi connectivity index (χ1n) is 15.5. The Morgan fingerprint density at radius 1 is 0.640 bits per heavy atom. The largest absolute Gasteiger partial charge is 0.480 e. The highest BCUT2D eigenvalue weighted by Crippen LogP contribution is 2.27. The van der Waals surface area contributed by atoms with Crippen LogP contribution in [-0.4, -0.2) is 148 Å². The van der Waals surface area contributed by atoms with E-state index in [1.54, 1.807) is 43.9 Å². The third kappa shape index (κ3) is 13.0. The number of carbonyl (C=O) groups is 5. The van der Waals surface area contributed by atoms with E-state index in [9.17, 15) is 62.0 Å². The van der Waals surface area contributed by atoms with Crippen LogP contribution in [0.3, 0.4) is 0 Å². The molecule has 4 N–H and O–H groups in total. The number of nitrogens with zero attached hydrogens (tertiary/aromatic N) is 4. The van der Waals surface area contributed by atoms with E-state index in [1.165, 1.54) is 0 Å². The standard InChI is InChI=1S/C32H38F4N4O10/c33-23-14-24(34)31(36)32(30(23)35)50-29(49)6-5-20-1-3-21(4-2-20)13-22-15-39(18-27(45)46)10-9-37(16-25(41)42)7-8-38(17-26(43)44)11-12-40(22)19-28(47)48/h1-4,14,22H,5-13,15-19H2,(H,41,42)(H,43,44)(H,45,46)(H,47,48). The molecule has 2 aromatic carbocycles. The zero-order chi connectivity index (χ0) is 37.0. The molecule has 0 saturated carbocycles. The van der Waals surface area contributed by atoms with Gasteiger partial charge in [0.2, 0.25) is 17.4 Å². The number of hydrogen-bond donors (Lipinski definition) is 4. The van der Waals surface area contributed by atoms with Crippen LogP contribution in [-0.2, 0) is 36.8 Å². The Morgan fingerprint density at radius 3 is 1.58 bits per heavy atom. The molecule has 0 spiro atoms. The molecule has 0 amide bonds. The van der Waals surface area contributed by atoms with Crippen molar-refractivity contribution in [3.8, 4) is 5.75 Å². The van der Waals surface area contributed by atoms with Crippen LogP contribution >= 0.6 is 0 Å². The lowest BCUT2D eigenvalue weighted by molar-refractivity contribution is -0.142. The number of aryl methyl sites for hydroxylation is 1. The molecule has 1 unspecified atom stereocenters. The Morgan fingerprint density at radius 2 is 1.08 bits per heavy atom. The maximum atomic E-state index is 13.9. The second kappa shape index (κ2) is 18.9. The second-order valence-corrected chi connectivity index (χ2v) is 11.8. The summed E-state index contributed by atoms with van der Waals surface area (Å²) in [6, 6.07) is 6.03. The van der Waals surface area contributed by atoms with Crippen molar-refractivity contribution in [2.45, 2.75) is 25.3 Å². The summed E-state index contributed by atoms with van der Waals surface area (Å²) in [5, 5.41) is 38.2. The lowest BCUT2D eigenvalue weighted by Crippen LogP contribution is -2.53. The number of aliphatic carboxylic acids is 4. The van der Waals surface area contributed by atoms with Crippen LogP contribution in [0.1, 0.15) is 17.5 Å². The summed E-state index contributed by atoms with van der Waals surface area (Å²) < 4.78 is 59.2. The van der Waals surface area contributed by atoms with Gasteiger partial charge >= 0.3 is 29.8 Å². The molecular weight excluding hydrogens is 676 g/mol. The third-order valence-corrected chi connectivity index (χ3v) is 7.97. The highest BCUT2D eigenvalue weighted by atomic mass is 19.2. The molecule has 1 atom stereocenters. The van der Waals surface area contributed by atoms with Gasteiger partial charge in [-0.25, -0.2) is 8.78 Å². The first kappa shape index (κ1) is 39.8. The Hall–Kier alpha value is -4.65. The molecule has 14 nitrogen and oxygen atoms in total. The summed E-state index contributed by atoms with van der Waals surface area (Å²) >= 11 is 0. The summed E-state index contributed by atoms with van der Waals surface area (Å²) in [5.74, 6) is -14.3. The molecule has 1 aliphatic rings. The zero-order valence-electron chi connectivity index (χ0n) is 26.9.